The van der Waals surface area contributed by atoms with Gasteiger partial charge in [-0.3, -0.25) is 9.80 Å². The number of hydrogen-bond acceptors (Lipinski definition) is 4. The Balaban J connectivity index is 2.47. The first-order valence-electron chi connectivity index (χ1n) is 4.30. The number of aldehydes is 1. The number of likely N-dealkylation sites (N-methyl/N-ethyl adjacent to an activating group) is 1. The second-order valence-electron chi connectivity index (χ2n) is 3.31. The van der Waals surface area contributed by atoms with E-state index >= 15 is 0 Å². The second kappa shape index (κ2) is 4.54. The van der Waals surface area contributed by atoms with E-state index in [0.29, 0.717) is 12.7 Å². The Morgan fingerprint density at radius 2 is 2.42 bits per heavy atom. The molecule has 1 unspecified atom stereocenters. The van der Waals surface area contributed by atoms with Crippen LogP contribution in [0.15, 0.2) is 0 Å². The SMILES string of the molecule is CN(C)C1CNCCN1CC=O. The predicted molar refractivity (Wildman–Crippen MR) is 48.0 cm³/mol. The van der Waals surface area contributed by atoms with Crippen LogP contribution in [0, 0.1) is 0 Å². The van der Waals surface area contributed by atoms with Crippen LogP contribution in [0.3, 0.4) is 0 Å². The van der Waals surface area contributed by atoms with Crippen molar-refractivity contribution in [3.8, 4) is 0 Å². The quantitative estimate of drug-likeness (QED) is 0.551. The topological polar surface area (TPSA) is 35.6 Å². The zero-order chi connectivity index (χ0) is 8.97. The first-order valence-corrected chi connectivity index (χ1v) is 4.30. The van der Waals surface area contributed by atoms with Gasteiger partial charge in [-0.05, 0) is 14.1 Å². The molecule has 1 N–H and O–H groups in total. The lowest BCUT2D eigenvalue weighted by atomic mass is 10.3. The van der Waals surface area contributed by atoms with Gasteiger partial charge in [-0.1, -0.05) is 0 Å². The number of carbonyl (C=O) groups excluding carboxylic acids is 1. The van der Waals surface area contributed by atoms with E-state index in [0.717, 1.165) is 25.9 Å². The lowest BCUT2D eigenvalue weighted by molar-refractivity contribution is -0.110. The minimum absolute atomic E-state index is 0.365. The van der Waals surface area contributed by atoms with Crippen LogP contribution in [0.25, 0.3) is 0 Å². The normalized spacial score (nSPS) is 26.1. The second-order valence-corrected chi connectivity index (χ2v) is 3.31. The number of nitrogens with zero attached hydrogens (tertiary/aromatic N) is 2. The van der Waals surface area contributed by atoms with Crippen LogP contribution in [0.4, 0.5) is 0 Å². The van der Waals surface area contributed by atoms with Gasteiger partial charge in [0.1, 0.15) is 6.29 Å². The van der Waals surface area contributed by atoms with Gasteiger partial charge in [-0.15, -0.1) is 0 Å². The maximum atomic E-state index is 10.4. The maximum absolute atomic E-state index is 10.4. The van der Waals surface area contributed by atoms with Crippen LogP contribution >= 0.6 is 0 Å². The van der Waals surface area contributed by atoms with Gasteiger partial charge in [0, 0.05) is 19.6 Å². The first kappa shape index (κ1) is 9.64. The summed E-state index contributed by atoms with van der Waals surface area (Å²) in [6.07, 6.45) is 1.34. The van der Waals surface area contributed by atoms with Crippen molar-refractivity contribution >= 4 is 6.29 Å². The van der Waals surface area contributed by atoms with Crippen molar-refractivity contribution in [2.24, 2.45) is 0 Å². The van der Waals surface area contributed by atoms with E-state index < -0.39 is 0 Å². The third-order valence-corrected chi connectivity index (χ3v) is 2.23. The van der Waals surface area contributed by atoms with E-state index in [4.69, 9.17) is 0 Å². The Labute approximate surface area is 73.5 Å². The third kappa shape index (κ3) is 2.27. The van der Waals surface area contributed by atoms with Crippen LogP contribution in [-0.2, 0) is 4.79 Å². The van der Waals surface area contributed by atoms with Crippen molar-refractivity contribution in [3.05, 3.63) is 0 Å². The largest absolute Gasteiger partial charge is 0.313 e. The zero-order valence-electron chi connectivity index (χ0n) is 7.79. The molecule has 1 fully saturated rings. The Morgan fingerprint density at radius 1 is 1.67 bits per heavy atom. The fraction of sp³-hybridized carbons (Fsp3) is 0.875. The number of rotatable bonds is 3. The summed E-state index contributed by atoms with van der Waals surface area (Å²) in [7, 11) is 4.07. The predicted octanol–water partition coefficient (Wildman–Crippen LogP) is -1.02. The minimum atomic E-state index is 0.365. The maximum Gasteiger partial charge on any atom is 0.134 e. The number of piperazine rings is 1. The Hall–Kier alpha value is -0.450. The summed E-state index contributed by atoms with van der Waals surface area (Å²) in [5, 5.41) is 3.31. The van der Waals surface area contributed by atoms with Crippen molar-refractivity contribution in [2.45, 2.75) is 6.17 Å². The summed E-state index contributed by atoms with van der Waals surface area (Å²) in [5.74, 6) is 0. The van der Waals surface area contributed by atoms with Gasteiger partial charge in [-0.25, -0.2) is 0 Å². The molecule has 70 valence electrons. The highest BCUT2D eigenvalue weighted by Gasteiger charge is 2.22. The standard InChI is InChI=1S/C8H17N3O/c1-10(2)8-7-9-3-4-11(8)5-6-12/h6,8-9H,3-5,7H2,1-2H3. The van der Waals surface area contributed by atoms with Crippen LogP contribution < -0.4 is 5.32 Å². The van der Waals surface area contributed by atoms with Crippen molar-refractivity contribution < 1.29 is 4.79 Å². The molecule has 1 heterocycles. The summed E-state index contributed by atoms with van der Waals surface area (Å²) in [5.41, 5.74) is 0. The smallest absolute Gasteiger partial charge is 0.134 e. The van der Waals surface area contributed by atoms with Crippen LogP contribution in [0.5, 0.6) is 0 Å². The molecule has 1 aliphatic heterocycles. The Morgan fingerprint density at radius 3 is 3.00 bits per heavy atom. The fourth-order valence-electron chi connectivity index (χ4n) is 1.55. The highest BCUT2D eigenvalue weighted by atomic mass is 16.1. The molecule has 1 rings (SSSR count). The molecular weight excluding hydrogens is 154 g/mol. The summed E-state index contributed by atoms with van der Waals surface area (Å²) in [4.78, 5) is 14.7. The molecule has 0 spiro atoms. The molecule has 1 atom stereocenters. The van der Waals surface area contributed by atoms with Crippen molar-refractivity contribution in [1.82, 2.24) is 15.1 Å². The van der Waals surface area contributed by atoms with E-state index in [1.165, 1.54) is 0 Å². The Bertz CT molecular complexity index is 149. The highest BCUT2D eigenvalue weighted by molar-refractivity contribution is 5.52. The van der Waals surface area contributed by atoms with Gasteiger partial charge in [0.15, 0.2) is 0 Å². The van der Waals surface area contributed by atoms with Crippen molar-refractivity contribution in [3.63, 3.8) is 0 Å². The number of carbonyl (C=O) groups is 1. The molecule has 0 saturated carbocycles. The van der Waals surface area contributed by atoms with E-state index in [1.807, 2.05) is 14.1 Å². The summed E-state index contributed by atoms with van der Waals surface area (Å²) in [6.45, 7) is 3.44. The van der Waals surface area contributed by atoms with E-state index in [-0.39, 0.29) is 0 Å². The van der Waals surface area contributed by atoms with E-state index in [2.05, 4.69) is 15.1 Å². The molecule has 0 aromatic rings. The summed E-state index contributed by atoms with van der Waals surface area (Å²) in [6, 6.07) is 0. The molecule has 0 amide bonds. The summed E-state index contributed by atoms with van der Waals surface area (Å²) < 4.78 is 0. The molecule has 1 aliphatic rings. The summed E-state index contributed by atoms with van der Waals surface area (Å²) >= 11 is 0. The first-order chi connectivity index (χ1) is 5.75. The average molecular weight is 171 g/mol. The minimum Gasteiger partial charge on any atom is -0.313 e. The Kier molecular flexibility index (Phi) is 3.65. The van der Waals surface area contributed by atoms with Crippen molar-refractivity contribution in [1.29, 1.82) is 0 Å². The molecule has 12 heavy (non-hydrogen) atoms. The third-order valence-electron chi connectivity index (χ3n) is 2.23. The molecule has 0 aromatic heterocycles. The van der Waals surface area contributed by atoms with Gasteiger partial charge in [0.25, 0.3) is 0 Å². The average Bonchev–Trinajstić information content (AvgIpc) is 2.05. The molecule has 4 nitrogen and oxygen atoms in total. The number of nitrogens with one attached hydrogen (secondary N) is 1. The van der Waals surface area contributed by atoms with Gasteiger partial charge in [0.2, 0.25) is 0 Å². The monoisotopic (exact) mass is 171 g/mol. The van der Waals surface area contributed by atoms with Gasteiger partial charge in [-0.2, -0.15) is 0 Å². The van der Waals surface area contributed by atoms with Crippen LogP contribution in [0.1, 0.15) is 0 Å². The zero-order valence-corrected chi connectivity index (χ0v) is 7.79. The van der Waals surface area contributed by atoms with E-state index in [1.54, 1.807) is 0 Å². The highest BCUT2D eigenvalue weighted by Crippen LogP contribution is 2.03. The fourth-order valence-corrected chi connectivity index (χ4v) is 1.55. The van der Waals surface area contributed by atoms with Crippen LogP contribution in [-0.4, -0.2) is 62.5 Å². The molecule has 0 bridgehead atoms. The molecule has 0 aliphatic carbocycles. The van der Waals surface area contributed by atoms with Gasteiger partial charge >= 0.3 is 0 Å². The van der Waals surface area contributed by atoms with E-state index in [9.17, 15) is 4.79 Å². The molecule has 0 aromatic carbocycles. The lowest BCUT2D eigenvalue weighted by Gasteiger charge is -2.38. The van der Waals surface area contributed by atoms with Crippen molar-refractivity contribution in [2.75, 3.05) is 40.3 Å². The van der Waals surface area contributed by atoms with Gasteiger partial charge in [0.05, 0.1) is 12.7 Å². The lowest BCUT2D eigenvalue weighted by Crippen LogP contribution is -2.57. The number of hydrogen-bond donors (Lipinski definition) is 1. The van der Waals surface area contributed by atoms with Gasteiger partial charge < -0.3 is 10.1 Å². The molecular formula is C8H17N3O. The molecule has 0 radical (unpaired) electrons. The molecule has 4 heteroatoms. The van der Waals surface area contributed by atoms with Crippen LogP contribution in [0.2, 0.25) is 0 Å². The molecule has 1 saturated heterocycles.